The van der Waals surface area contributed by atoms with Crippen LogP contribution >= 0.6 is 0 Å². The maximum Gasteiger partial charge on any atom is 0.241 e. The van der Waals surface area contributed by atoms with Gasteiger partial charge in [-0.3, -0.25) is 9.69 Å². The number of carbonyl (C=O) groups is 1. The molecule has 2 aliphatic rings. The van der Waals surface area contributed by atoms with Crippen molar-refractivity contribution in [3.8, 4) is 11.5 Å². The summed E-state index contributed by atoms with van der Waals surface area (Å²) >= 11 is 0. The largest absolute Gasteiger partial charge is 0.454 e. The third-order valence-corrected chi connectivity index (χ3v) is 4.02. The predicted molar refractivity (Wildman–Crippen MR) is 82.2 cm³/mol. The number of anilines is 1. The fourth-order valence-electron chi connectivity index (χ4n) is 2.92. The molecule has 1 saturated heterocycles. The molecule has 1 amide bonds. The van der Waals surface area contributed by atoms with Crippen molar-refractivity contribution >= 4 is 11.6 Å². The molecule has 2 heterocycles. The van der Waals surface area contributed by atoms with Crippen LogP contribution in [0.5, 0.6) is 11.5 Å². The van der Waals surface area contributed by atoms with Crippen molar-refractivity contribution in [3.63, 3.8) is 0 Å². The van der Waals surface area contributed by atoms with E-state index in [0.717, 1.165) is 18.8 Å². The molecular formula is C16H22N2O4. The van der Waals surface area contributed by atoms with Gasteiger partial charge >= 0.3 is 0 Å². The number of nitrogens with one attached hydrogen (secondary N) is 1. The molecule has 1 aromatic carbocycles. The Hall–Kier alpha value is -1.79. The highest BCUT2D eigenvalue weighted by molar-refractivity contribution is 5.94. The van der Waals surface area contributed by atoms with E-state index in [9.17, 15) is 4.79 Å². The van der Waals surface area contributed by atoms with Gasteiger partial charge < -0.3 is 19.5 Å². The summed E-state index contributed by atoms with van der Waals surface area (Å²) in [5.41, 5.74) is 0.718. The van der Waals surface area contributed by atoms with Gasteiger partial charge in [-0.15, -0.1) is 0 Å². The maximum atomic E-state index is 12.5. The minimum Gasteiger partial charge on any atom is -0.454 e. The first-order valence-corrected chi connectivity index (χ1v) is 7.63. The van der Waals surface area contributed by atoms with E-state index in [0.29, 0.717) is 11.5 Å². The summed E-state index contributed by atoms with van der Waals surface area (Å²) in [5.74, 6) is 1.35. The normalized spacial score (nSPS) is 25.8. The highest BCUT2D eigenvalue weighted by Gasteiger charge is 2.29. The standard InChI is InChI=1S/C16H22N2O4/c1-10-7-18(8-11(2)22-10)12(3)16(19)17-13-4-5-14-15(6-13)21-9-20-14/h4-6,10-12H,7-9H2,1-3H3,(H,17,19)/t10-,11-,12+/m0/s1. The number of hydrogen-bond donors (Lipinski definition) is 1. The van der Waals surface area contributed by atoms with Crippen molar-refractivity contribution in [1.29, 1.82) is 0 Å². The van der Waals surface area contributed by atoms with Gasteiger partial charge in [0.15, 0.2) is 11.5 Å². The van der Waals surface area contributed by atoms with Gasteiger partial charge in [0.25, 0.3) is 0 Å². The van der Waals surface area contributed by atoms with E-state index in [2.05, 4.69) is 10.2 Å². The zero-order valence-electron chi connectivity index (χ0n) is 13.2. The highest BCUT2D eigenvalue weighted by atomic mass is 16.7. The minimum atomic E-state index is -0.209. The van der Waals surface area contributed by atoms with Crippen LogP contribution in [-0.2, 0) is 9.53 Å². The van der Waals surface area contributed by atoms with Crippen LogP contribution in [0.15, 0.2) is 18.2 Å². The van der Waals surface area contributed by atoms with Crippen molar-refractivity contribution in [2.75, 3.05) is 25.2 Å². The molecule has 0 aromatic heterocycles. The van der Waals surface area contributed by atoms with Crippen molar-refractivity contribution in [2.24, 2.45) is 0 Å². The van der Waals surface area contributed by atoms with Crippen molar-refractivity contribution in [2.45, 2.75) is 39.0 Å². The molecule has 120 valence electrons. The van der Waals surface area contributed by atoms with Crippen molar-refractivity contribution in [1.82, 2.24) is 4.90 Å². The number of nitrogens with zero attached hydrogens (tertiary/aromatic N) is 1. The Bertz CT molecular complexity index is 553. The number of carbonyl (C=O) groups excluding carboxylic acids is 1. The summed E-state index contributed by atoms with van der Waals surface area (Å²) in [6.45, 7) is 7.75. The van der Waals surface area contributed by atoms with E-state index in [1.165, 1.54) is 0 Å². The van der Waals surface area contributed by atoms with Crippen LogP contribution in [0.25, 0.3) is 0 Å². The Morgan fingerprint density at radius 1 is 1.23 bits per heavy atom. The van der Waals surface area contributed by atoms with Crippen LogP contribution < -0.4 is 14.8 Å². The first kappa shape index (κ1) is 15.1. The number of hydrogen-bond acceptors (Lipinski definition) is 5. The third-order valence-electron chi connectivity index (χ3n) is 4.02. The highest BCUT2D eigenvalue weighted by Crippen LogP contribution is 2.34. The lowest BCUT2D eigenvalue weighted by atomic mass is 10.1. The molecule has 0 spiro atoms. The number of rotatable bonds is 3. The molecule has 0 aliphatic carbocycles. The second-order valence-electron chi connectivity index (χ2n) is 5.94. The first-order chi connectivity index (χ1) is 10.5. The summed E-state index contributed by atoms with van der Waals surface area (Å²) < 4.78 is 16.3. The molecule has 1 aromatic rings. The molecule has 6 heteroatoms. The summed E-state index contributed by atoms with van der Waals surface area (Å²) in [6, 6.07) is 5.21. The van der Waals surface area contributed by atoms with Crippen molar-refractivity contribution < 1.29 is 19.0 Å². The lowest BCUT2D eigenvalue weighted by Gasteiger charge is -2.38. The van der Waals surface area contributed by atoms with Crippen LogP contribution in [-0.4, -0.2) is 48.9 Å². The van der Waals surface area contributed by atoms with Crippen LogP contribution in [0.3, 0.4) is 0 Å². The number of ether oxygens (including phenoxy) is 3. The van der Waals surface area contributed by atoms with Gasteiger partial charge in [-0.1, -0.05) is 0 Å². The second-order valence-corrected chi connectivity index (χ2v) is 5.94. The van der Waals surface area contributed by atoms with Gasteiger partial charge in [-0.25, -0.2) is 0 Å². The molecule has 3 rings (SSSR count). The second kappa shape index (κ2) is 6.14. The lowest BCUT2D eigenvalue weighted by molar-refractivity contribution is -0.126. The van der Waals surface area contributed by atoms with Crippen LogP contribution in [0.1, 0.15) is 20.8 Å². The van der Waals surface area contributed by atoms with Gasteiger partial charge in [0, 0.05) is 24.8 Å². The van der Waals surface area contributed by atoms with E-state index < -0.39 is 0 Å². The van der Waals surface area contributed by atoms with E-state index in [4.69, 9.17) is 14.2 Å². The quantitative estimate of drug-likeness (QED) is 0.923. The SMILES string of the molecule is C[C@H](C(=O)Nc1ccc2c(c1)OCO2)N1C[C@H](C)O[C@@H](C)C1. The molecule has 0 bridgehead atoms. The van der Waals surface area contributed by atoms with Crippen molar-refractivity contribution in [3.05, 3.63) is 18.2 Å². The fourth-order valence-corrected chi connectivity index (χ4v) is 2.92. The van der Waals surface area contributed by atoms with Gasteiger partial charge in [0.05, 0.1) is 18.2 Å². The van der Waals surface area contributed by atoms with Gasteiger partial charge in [0.1, 0.15) is 0 Å². The number of benzene rings is 1. The van der Waals surface area contributed by atoms with Gasteiger partial charge in [-0.2, -0.15) is 0 Å². The summed E-state index contributed by atoms with van der Waals surface area (Å²) in [4.78, 5) is 14.6. The number of morpholine rings is 1. The molecule has 2 aliphatic heterocycles. The molecule has 0 saturated carbocycles. The minimum absolute atomic E-state index is 0.0276. The summed E-state index contributed by atoms with van der Waals surface area (Å²) in [6.07, 6.45) is 0.286. The van der Waals surface area contributed by atoms with E-state index in [-0.39, 0.29) is 30.9 Å². The van der Waals surface area contributed by atoms with Crippen LogP contribution in [0.4, 0.5) is 5.69 Å². The monoisotopic (exact) mass is 306 g/mol. The Kier molecular flexibility index (Phi) is 4.22. The van der Waals surface area contributed by atoms with Crippen LogP contribution in [0, 0.1) is 0 Å². The Balaban J connectivity index is 1.63. The smallest absolute Gasteiger partial charge is 0.241 e. The molecule has 6 nitrogen and oxygen atoms in total. The average molecular weight is 306 g/mol. The topological polar surface area (TPSA) is 60.0 Å². The molecular weight excluding hydrogens is 284 g/mol. The molecule has 0 radical (unpaired) electrons. The molecule has 0 unspecified atom stereocenters. The third kappa shape index (κ3) is 3.18. The van der Waals surface area contributed by atoms with Gasteiger partial charge in [-0.05, 0) is 32.9 Å². The zero-order valence-corrected chi connectivity index (χ0v) is 13.2. The Labute approximate surface area is 130 Å². The molecule has 1 fully saturated rings. The number of fused-ring (bicyclic) bond motifs is 1. The van der Waals surface area contributed by atoms with Gasteiger partial charge in [0.2, 0.25) is 12.7 Å². The molecule has 22 heavy (non-hydrogen) atoms. The van der Waals surface area contributed by atoms with E-state index in [1.54, 1.807) is 6.07 Å². The maximum absolute atomic E-state index is 12.5. The van der Waals surface area contributed by atoms with E-state index >= 15 is 0 Å². The van der Waals surface area contributed by atoms with E-state index in [1.807, 2.05) is 32.9 Å². The summed E-state index contributed by atoms with van der Waals surface area (Å²) in [7, 11) is 0. The lowest BCUT2D eigenvalue weighted by Crippen LogP contribution is -2.52. The summed E-state index contributed by atoms with van der Waals surface area (Å²) in [5, 5.41) is 2.94. The average Bonchev–Trinajstić information content (AvgIpc) is 2.93. The predicted octanol–water partition coefficient (Wildman–Crippen LogP) is 1.85. The number of amides is 1. The Morgan fingerprint density at radius 3 is 2.64 bits per heavy atom. The Morgan fingerprint density at radius 2 is 1.91 bits per heavy atom. The molecule has 3 atom stereocenters. The first-order valence-electron chi connectivity index (χ1n) is 7.63. The zero-order chi connectivity index (χ0) is 15.7. The fraction of sp³-hybridized carbons (Fsp3) is 0.562. The molecule has 1 N–H and O–H groups in total. The van der Waals surface area contributed by atoms with Crippen LogP contribution in [0.2, 0.25) is 0 Å².